The number of rotatable bonds is 3. The summed E-state index contributed by atoms with van der Waals surface area (Å²) in [5.74, 6) is -0.920. The van der Waals surface area contributed by atoms with Crippen molar-refractivity contribution in [3.8, 4) is 5.75 Å². The fraction of sp³-hybridized carbons (Fsp3) is 0.400. The first-order valence-corrected chi connectivity index (χ1v) is 5.55. The average molecular weight is 289 g/mol. The third-order valence-corrected chi connectivity index (χ3v) is 2.66. The number of aliphatic hydroxyl groups is 1. The highest BCUT2D eigenvalue weighted by molar-refractivity contribution is 9.10. The van der Waals surface area contributed by atoms with Gasteiger partial charge in [0, 0.05) is 6.20 Å². The molecule has 0 aliphatic heterocycles. The van der Waals surface area contributed by atoms with E-state index >= 15 is 0 Å². The molecule has 3 N–H and O–H groups in total. The van der Waals surface area contributed by atoms with Gasteiger partial charge in [-0.1, -0.05) is 13.8 Å². The Morgan fingerprint density at radius 3 is 2.75 bits per heavy atom. The normalized spacial score (nSPS) is 12.6. The number of pyridine rings is 1. The Bertz CT molecular complexity index is 396. The molecular weight excluding hydrogens is 276 g/mol. The fourth-order valence-corrected chi connectivity index (χ4v) is 1.32. The summed E-state index contributed by atoms with van der Waals surface area (Å²) in [5, 5.41) is 21.4. The summed E-state index contributed by atoms with van der Waals surface area (Å²) in [5.41, 5.74) is 0. The van der Waals surface area contributed by atoms with E-state index in [0.29, 0.717) is 4.47 Å². The zero-order valence-electron chi connectivity index (χ0n) is 8.94. The lowest BCUT2D eigenvalue weighted by Gasteiger charge is -2.14. The van der Waals surface area contributed by atoms with Crippen LogP contribution in [-0.2, 0) is 4.79 Å². The number of carbonyl (C=O) groups is 1. The Morgan fingerprint density at radius 1 is 1.56 bits per heavy atom. The van der Waals surface area contributed by atoms with Crippen LogP contribution >= 0.6 is 15.9 Å². The predicted molar refractivity (Wildman–Crippen MR) is 63.1 cm³/mol. The number of anilines is 1. The van der Waals surface area contributed by atoms with E-state index in [1.54, 1.807) is 19.9 Å². The molecule has 1 aromatic rings. The maximum atomic E-state index is 11.5. The summed E-state index contributed by atoms with van der Waals surface area (Å²) in [7, 11) is 0. The van der Waals surface area contributed by atoms with Gasteiger partial charge >= 0.3 is 0 Å². The second-order valence-electron chi connectivity index (χ2n) is 3.67. The van der Waals surface area contributed by atoms with Crippen molar-refractivity contribution >= 4 is 27.7 Å². The molecule has 0 spiro atoms. The summed E-state index contributed by atoms with van der Waals surface area (Å²) in [6.07, 6.45) is 0.307. The molecule has 0 aliphatic rings. The molecule has 0 unspecified atom stereocenters. The third-order valence-electron chi connectivity index (χ3n) is 2.02. The van der Waals surface area contributed by atoms with Crippen molar-refractivity contribution < 1.29 is 15.0 Å². The van der Waals surface area contributed by atoms with Crippen molar-refractivity contribution in [3.63, 3.8) is 0 Å². The fourth-order valence-electron chi connectivity index (χ4n) is 1.02. The van der Waals surface area contributed by atoms with Crippen LogP contribution in [0.5, 0.6) is 5.75 Å². The highest BCUT2D eigenvalue weighted by Gasteiger charge is 2.20. The van der Waals surface area contributed by atoms with E-state index in [4.69, 9.17) is 0 Å². The number of hydrogen-bond donors (Lipinski definition) is 3. The van der Waals surface area contributed by atoms with Crippen molar-refractivity contribution in [1.29, 1.82) is 0 Å². The number of hydrogen-bond acceptors (Lipinski definition) is 4. The Hall–Kier alpha value is -1.14. The Kier molecular flexibility index (Phi) is 4.26. The van der Waals surface area contributed by atoms with Crippen LogP contribution in [0.1, 0.15) is 13.8 Å². The van der Waals surface area contributed by atoms with Crippen LogP contribution < -0.4 is 5.32 Å². The Labute approximate surface area is 102 Å². The number of aromatic hydroxyl groups is 1. The van der Waals surface area contributed by atoms with E-state index in [9.17, 15) is 15.0 Å². The second kappa shape index (κ2) is 5.27. The van der Waals surface area contributed by atoms with Crippen LogP contribution in [0.2, 0.25) is 0 Å². The molecule has 1 amide bonds. The van der Waals surface area contributed by atoms with Crippen molar-refractivity contribution in [2.24, 2.45) is 5.92 Å². The van der Waals surface area contributed by atoms with Gasteiger partial charge in [0.25, 0.3) is 5.91 Å². The minimum Gasteiger partial charge on any atom is -0.503 e. The minimum absolute atomic E-state index is 0.0269. The molecule has 1 rings (SSSR count). The molecule has 0 aliphatic carbocycles. The van der Waals surface area contributed by atoms with E-state index < -0.39 is 12.0 Å². The Balaban J connectivity index is 2.81. The van der Waals surface area contributed by atoms with Gasteiger partial charge in [-0.3, -0.25) is 4.79 Å². The zero-order valence-corrected chi connectivity index (χ0v) is 10.5. The predicted octanol–water partition coefficient (Wildman–Crippen LogP) is 1.51. The highest BCUT2D eigenvalue weighted by atomic mass is 79.9. The quantitative estimate of drug-likeness (QED) is 0.787. The van der Waals surface area contributed by atoms with E-state index in [-0.39, 0.29) is 17.5 Å². The molecule has 1 heterocycles. The van der Waals surface area contributed by atoms with Gasteiger partial charge in [0.15, 0.2) is 11.6 Å². The molecule has 0 fully saturated rings. The molecule has 1 aromatic heterocycles. The first-order chi connectivity index (χ1) is 7.43. The van der Waals surface area contributed by atoms with Gasteiger partial charge in [-0.05, 0) is 27.9 Å². The largest absolute Gasteiger partial charge is 0.503 e. The second-order valence-corrected chi connectivity index (χ2v) is 4.52. The van der Waals surface area contributed by atoms with Crippen molar-refractivity contribution in [2.75, 3.05) is 5.32 Å². The first kappa shape index (κ1) is 12.9. The smallest absolute Gasteiger partial charge is 0.254 e. The molecule has 1 atom stereocenters. The van der Waals surface area contributed by atoms with Gasteiger partial charge in [-0.2, -0.15) is 0 Å². The van der Waals surface area contributed by atoms with Crippen molar-refractivity contribution in [1.82, 2.24) is 4.98 Å². The Morgan fingerprint density at radius 2 is 2.19 bits per heavy atom. The lowest BCUT2D eigenvalue weighted by atomic mass is 10.1. The number of nitrogens with one attached hydrogen (secondary N) is 1. The average Bonchev–Trinajstić information content (AvgIpc) is 2.23. The number of aromatic nitrogens is 1. The monoisotopic (exact) mass is 288 g/mol. The number of carbonyl (C=O) groups excluding carboxylic acids is 1. The van der Waals surface area contributed by atoms with Crippen molar-refractivity contribution in [2.45, 2.75) is 20.0 Å². The summed E-state index contributed by atoms with van der Waals surface area (Å²) < 4.78 is 0.428. The lowest BCUT2D eigenvalue weighted by Crippen LogP contribution is -2.32. The third kappa shape index (κ3) is 2.93. The van der Waals surface area contributed by atoms with Gasteiger partial charge in [-0.25, -0.2) is 4.98 Å². The van der Waals surface area contributed by atoms with E-state index in [2.05, 4.69) is 26.2 Å². The highest BCUT2D eigenvalue weighted by Crippen LogP contribution is 2.29. The van der Waals surface area contributed by atoms with Gasteiger partial charge in [-0.15, -0.1) is 0 Å². The van der Waals surface area contributed by atoms with Gasteiger partial charge in [0.1, 0.15) is 6.10 Å². The van der Waals surface area contributed by atoms with Crippen LogP contribution in [0.25, 0.3) is 0 Å². The number of amides is 1. The van der Waals surface area contributed by atoms with E-state index in [1.807, 2.05) is 0 Å². The number of halogens is 1. The summed E-state index contributed by atoms with van der Waals surface area (Å²) in [4.78, 5) is 15.3. The van der Waals surface area contributed by atoms with Crippen molar-refractivity contribution in [3.05, 3.63) is 16.7 Å². The topological polar surface area (TPSA) is 82.5 Å². The molecule has 0 saturated heterocycles. The molecular formula is C10H13BrN2O3. The molecule has 0 bridgehead atoms. The molecule has 88 valence electrons. The van der Waals surface area contributed by atoms with Gasteiger partial charge in [0.05, 0.1) is 4.47 Å². The molecule has 0 aromatic carbocycles. The molecule has 16 heavy (non-hydrogen) atoms. The van der Waals surface area contributed by atoms with Crippen LogP contribution in [-0.4, -0.2) is 27.2 Å². The summed E-state index contributed by atoms with van der Waals surface area (Å²) in [6.45, 7) is 3.44. The van der Waals surface area contributed by atoms with E-state index in [0.717, 1.165) is 0 Å². The molecule has 0 radical (unpaired) electrons. The zero-order chi connectivity index (χ0) is 12.3. The maximum absolute atomic E-state index is 11.5. The number of nitrogens with zero attached hydrogens (tertiary/aromatic N) is 1. The summed E-state index contributed by atoms with van der Waals surface area (Å²) in [6, 6.07) is 1.55. The van der Waals surface area contributed by atoms with Crippen LogP contribution in [0.3, 0.4) is 0 Å². The lowest BCUT2D eigenvalue weighted by molar-refractivity contribution is -0.126. The van der Waals surface area contributed by atoms with Crippen LogP contribution in [0.4, 0.5) is 5.82 Å². The SMILES string of the molecule is CC(C)[C@@H](O)C(=O)Nc1nccc(Br)c1O. The van der Waals surface area contributed by atoms with Gasteiger partial charge in [0.2, 0.25) is 0 Å². The molecule has 5 nitrogen and oxygen atoms in total. The number of aliphatic hydroxyl groups excluding tert-OH is 1. The first-order valence-electron chi connectivity index (χ1n) is 4.76. The standard InChI is InChI=1S/C10H13BrN2O3/c1-5(2)7(14)10(16)13-9-8(15)6(11)3-4-12-9/h3-5,7,14-15H,1-2H3,(H,12,13,16)/t7-/m1/s1. The van der Waals surface area contributed by atoms with Crippen LogP contribution in [0.15, 0.2) is 16.7 Å². The summed E-state index contributed by atoms with van der Waals surface area (Å²) >= 11 is 3.10. The van der Waals surface area contributed by atoms with E-state index in [1.165, 1.54) is 6.20 Å². The molecule has 0 saturated carbocycles. The minimum atomic E-state index is -1.12. The van der Waals surface area contributed by atoms with Crippen LogP contribution in [0, 0.1) is 5.92 Å². The molecule has 6 heteroatoms. The maximum Gasteiger partial charge on any atom is 0.254 e. The van der Waals surface area contributed by atoms with Gasteiger partial charge < -0.3 is 15.5 Å².